The fourth-order valence-corrected chi connectivity index (χ4v) is 4.15. The Hall–Kier alpha value is -3.49. The fourth-order valence-electron chi connectivity index (χ4n) is 3.23. The molecular formula is C25H24ClN5O2S. The van der Waals surface area contributed by atoms with E-state index in [1.165, 1.54) is 11.8 Å². The van der Waals surface area contributed by atoms with Crippen LogP contribution in [0.15, 0.2) is 84.0 Å². The van der Waals surface area contributed by atoms with Crippen LogP contribution in [0.3, 0.4) is 0 Å². The van der Waals surface area contributed by atoms with Crippen molar-refractivity contribution in [2.24, 2.45) is 0 Å². The highest BCUT2D eigenvalue weighted by atomic mass is 35.5. The molecule has 0 aliphatic carbocycles. The molecule has 1 heterocycles. The topological polar surface area (TPSA) is 81.1 Å². The number of nitrogens with one attached hydrogen (secondary N) is 2. The molecule has 2 N–H and O–H groups in total. The van der Waals surface area contributed by atoms with E-state index in [9.17, 15) is 4.79 Å². The molecule has 9 heteroatoms. The summed E-state index contributed by atoms with van der Waals surface area (Å²) in [6.07, 6.45) is 0. The number of benzene rings is 3. The third kappa shape index (κ3) is 6.30. The summed E-state index contributed by atoms with van der Waals surface area (Å²) in [5.74, 6) is 1.63. The Morgan fingerprint density at radius 2 is 1.71 bits per heavy atom. The van der Waals surface area contributed by atoms with Crippen molar-refractivity contribution >= 4 is 35.0 Å². The third-order valence-electron chi connectivity index (χ3n) is 4.99. The van der Waals surface area contributed by atoms with Crippen LogP contribution in [0.1, 0.15) is 11.4 Å². The number of rotatable bonds is 10. The Morgan fingerprint density at radius 1 is 0.971 bits per heavy atom. The lowest BCUT2D eigenvalue weighted by atomic mass is 10.2. The summed E-state index contributed by atoms with van der Waals surface area (Å²) in [5, 5.41) is 16.3. The largest absolute Gasteiger partial charge is 0.497 e. The predicted octanol–water partition coefficient (Wildman–Crippen LogP) is 4.95. The van der Waals surface area contributed by atoms with Gasteiger partial charge in [-0.2, -0.15) is 0 Å². The minimum absolute atomic E-state index is 0.0704. The Balaban J connectivity index is 1.47. The molecule has 34 heavy (non-hydrogen) atoms. The number of hydrogen-bond acceptors (Lipinski definition) is 6. The van der Waals surface area contributed by atoms with Gasteiger partial charge in [-0.15, -0.1) is 10.2 Å². The van der Waals surface area contributed by atoms with E-state index in [0.29, 0.717) is 29.1 Å². The molecule has 1 amide bonds. The van der Waals surface area contributed by atoms with Crippen molar-refractivity contribution in [2.45, 2.75) is 18.2 Å². The highest BCUT2D eigenvalue weighted by molar-refractivity contribution is 7.99. The lowest BCUT2D eigenvalue weighted by Gasteiger charge is -2.12. The summed E-state index contributed by atoms with van der Waals surface area (Å²) < 4.78 is 7.22. The van der Waals surface area contributed by atoms with Crippen molar-refractivity contribution in [3.8, 4) is 11.4 Å². The summed E-state index contributed by atoms with van der Waals surface area (Å²) in [6, 6.07) is 24.9. The van der Waals surface area contributed by atoms with Crippen LogP contribution in [-0.2, 0) is 17.9 Å². The van der Waals surface area contributed by atoms with E-state index in [4.69, 9.17) is 16.3 Å². The third-order valence-corrected chi connectivity index (χ3v) is 6.17. The van der Waals surface area contributed by atoms with Crippen molar-refractivity contribution in [1.29, 1.82) is 0 Å². The van der Waals surface area contributed by atoms with Gasteiger partial charge in [-0.3, -0.25) is 9.36 Å². The number of halogens is 1. The molecule has 4 rings (SSSR count). The second kappa shape index (κ2) is 11.6. The molecule has 0 aliphatic heterocycles. The van der Waals surface area contributed by atoms with Crippen LogP contribution in [0.5, 0.6) is 5.75 Å². The van der Waals surface area contributed by atoms with Gasteiger partial charge in [0.15, 0.2) is 11.0 Å². The van der Waals surface area contributed by atoms with Gasteiger partial charge in [-0.25, -0.2) is 0 Å². The highest BCUT2D eigenvalue weighted by Crippen LogP contribution is 2.24. The number of methoxy groups -OCH3 is 1. The predicted molar refractivity (Wildman–Crippen MR) is 136 cm³/mol. The number of amides is 1. The molecule has 0 saturated carbocycles. The SMILES string of the molecule is COc1ccc(-n2c(CNc3ccc(Cl)cc3)nnc2SCC(=O)NCc2ccccc2)cc1. The van der Waals surface area contributed by atoms with Gasteiger partial charge in [0.2, 0.25) is 5.91 Å². The Kier molecular flexibility index (Phi) is 8.06. The van der Waals surface area contributed by atoms with Gasteiger partial charge in [0.05, 0.1) is 19.4 Å². The lowest BCUT2D eigenvalue weighted by molar-refractivity contribution is -0.118. The van der Waals surface area contributed by atoms with Crippen LogP contribution in [0.25, 0.3) is 5.69 Å². The smallest absolute Gasteiger partial charge is 0.230 e. The molecule has 0 spiro atoms. The molecule has 4 aromatic rings. The maximum absolute atomic E-state index is 12.4. The van der Waals surface area contributed by atoms with Gasteiger partial charge in [-0.05, 0) is 54.1 Å². The molecule has 0 bridgehead atoms. The van der Waals surface area contributed by atoms with Crippen LogP contribution in [0, 0.1) is 0 Å². The quantitative estimate of drug-likeness (QED) is 0.304. The van der Waals surface area contributed by atoms with Gasteiger partial charge in [-0.1, -0.05) is 53.7 Å². The van der Waals surface area contributed by atoms with E-state index in [0.717, 1.165) is 22.7 Å². The van der Waals surface area contributed by atoms with E-state index in [-0.39, 0.29) is 11.7 Å². The molecule has 7 nitrogen and oxygen atoms in total. The van der Waals surface area contributed by atoms with Gasteiger partial charge < -0.3 is 15.4 Å². The van der Waals surface area contributed by atoms with Gasteiger partial charge in [0.1, 0.15) is 5.75 Å². The molecule has 174 valence electrons. The average molecular weight is 494 g/mol. The van der Waals surface area contributed by atoms with Crippen molar-refractivity contribution in [3.05, 3.63) is 95.3 Å². The minimum atomic E-state index is -0.0704. The number of anilines is 1. The molecule has 1 aromatic heterocycles. The second-order valence-corrected chi connectivity index (χ2v) is 8.72. The standard InChI is InChI=1S/C25H24ClN5O2S/c1-33-22-13-11-21(12-14-22)31-23(16-27-20-9-7-19(26)8-10-20)29-30-25(31)34-17-24(32)28-15-18-5-3-2-4-6-18/h2-14,27H,15-17H2,1H3,(H,28,32). The summed E-state index contributed by atoms with van der Waals surface area (Å²) in [4.78, 5) is 12.4. The van der Waals surface area contributed by atoms with E-state index < -0.39 is 0 Å². The summed E-state index contributed by atoms with van der Waals surface area (Å²) in [6.45, 7) is 0.934. The van der Waals surface area contributed by atoms with Crippen molar-refractivity contribution in [2.75, 3.05) is 18.2 Å². The lowest BCUT2D eigenvalue weighted by Crippen LogP contribution is -2.24. The molecular weight excluding hydrogens is 470 g/mol. The molecule has 0 aliphatic rings. The maximum atomic E-state index is 12.4. The van der Waals surface area contributed by atoms with Crippen LogP contribution < -0.4 is 15.4 Å². The number of aromatic nitrogens is 3. The molecule has 3 aromatic carbocycles. The molecule has 0 unspecified atom stereocenters. The van der Waals surface area contributed by atoms with Crippen LogP contribution in [0.4, 0.5) is 5.69 Å². The van der Waals surface area contributed by atoms with Gasteiger partial charge >= 0.3 is 0 Å². The first-order valence-electron chi connectivity index (χ1n) is 10.6. The molecule has 0 saturated heterocycles. The summed E-state index contributed by atoms with van der Waals surface area (Å²) in [5.41, 5.74) is 2.85. The first-order chi connectivity index (χ1) is 16.6. The number of thioether (sulfide) groups is 1. The van der Waals surface area contributed by atoms with Crippen LogP contribution >= 0.6 is 23.4 Å². The van der Waals surface area contributed by atoms with E-state index in [1.54, 1.807) is 7.11 Å². The first-order valence-corrected chi connectivity index (χ1v) is 12.0. The highest BCUT2D eigenvalue weighted by Gasteiger charge is 2.16. The summed E-state index contributed by atoms with van der Waals surface area (Å²) in [7, 11) is 1.63. The van der Waals surface area contributed by atoms with Gasteiger partial charge in [0.25, 0.3) is 0 Å². The van der Waals surface area contributed by atoms with E-state index in [1.807, 2.05) is 83.4 Å². The van der Waals surface area contributed by atoms with Crippen molar-refractivity contribution in [3.63, 3.8) is 0 Å². The zero-order chi connectivity index (χ0) is 23.8. The number of hydrogen-bond donors (Lipinski definition) is 2. The van der Waals surface area contributed by atoms with E-state index >= 15 is 0 Å². The molecule has 0 radical (unpaired) electrons. The monoisotopic (exact) mass is 493 g/mol. The zero-order valence-electron chi connectivity index (χ0n) is 18.6. The fraction of sp³-hybridized carbons (Fsp3) is 0.160. The Morgan fingerprint density at radius 3 is 2.41 bits per heavy atom. The number of carbonyl (C=O) groups excluding carboxylic acids is 1. The first kappa shape index (κ1) is 23.7. The summed E-state index contributed by atoms with van der Waals surface area (Å²) >= 11 is 7.32. The van der Waals surface area contributed by atoms with Gasteiger partial charge in [0, 0.05) is 22.9 Å². The second-order valence-electron chi connectivity index (χ2n) is 7.34. The average Bonchev–Trinajstić information content (AvgIpc) is 3.29. The normalized spacial score (nSPS) is 10.6. The zero-order valence-corrected chi connectivity index (χ0v) is 20.1. The number of carbonyl (C=O) groups is 1. The van der Waals surface area contributed by atoms with Crippen molar-refractivity contribution in [1.82, 2.24) is 20.1 Å². The molecule has 0 atom stereocenters. The molecule has 0 fully saturated rings. The number of ether oxygens (including phenoxy) is 1. The Labute approximate surface area is 207 Å². The maximum Gasteiger partial charge on any atom is 0.230 e. The minimum Gasteiger partial charge on any atom is -0.497 e. The van der Waals surface area contributed by atoms with E-state index in [2.05, 4.69) is 20.8 Å². The Bertz CT molecular complexity index is 1210. The van der Waals surface area contributed by atoms with Crippen LogP contribution in [0.2, 0.25) is 5.02 Å². The van der Waals surface area contributed by atoms with Crippen molar-refractivity contribution < 1.29 is 9.53 Å². The van der Waals surface area contributed by atoms with Crippen LogP contribution in [-0.4, -0.2) is 33.5 Å². The number of nitrogens with zero attached hydrogens (tertiary/aromatic N) is 3.